The average Bonchev–Trinajstić information content (AvgIpc) is 2.64. The number of nitrogens with two attached hydrogens (primary N) is 1. The van der Waals surface area contributed by atoms with Gasteiger partial charge in [-0.15, -0.1) is 0 Å². The summed E-state index contributed by atoms with van der Waals surface area (Å²) in [6, 6.07) is 5.87. The molecule has 1 amide bonds. The van der Waals surface area contributed by atoms with E-state index >= 15 is 0 Å². The molecular formula is C15H20N2O2. The smallest absolute Gasteiger partial charge is 0.254 e. The van der Waals surface area contributed by atoms with Crippen LogP contribution in [0.5, 0.6) is 0 Å². The normalized spacial score (nSPS) is 29.6. The Balaban J connectivity index is 1.90. The van der Waals surface area contributed by atoms with Crippen molar-refractivity contribution in [3.05, 3.63) is 29.3 Å². The Bertz CT molecular complexity index is 501. The molecule has 2 saturated heterocycles. The van der Waals surface area contributed by atoms with E-state index in [2.05, 4.69) is 0 Å². The first kappa shape index (κ1) is 12.5. The van der Waals surface area contributed by atoms with Crippen molar-refractivity contribution in [2.24, 2.45) is 0 Å². The molecule has 1 aromatic rings. The van der Waals surface area contributed by atoms with E-state index < -0.39 is 0 Å². The fraction of sp³-hybridized carbons (Fsp3) is 0.533. The summed E-state index contributed by atoms with van der Waals surface area (Å²) in [5, 5.41) is 9.80. The third-order valence-electron chi connectivity index (χ3n) is 4.43. The molecule has 1 aromatic carbocycles. The minimum absolute atomic E-state index is 0.0733. The molecule has 2 aliphatic heterocycles. The summed E-state index contributed by atoms with van der Waals surface area (Å²) < 4.78 is 0. The Morgan fingerprint density at radius 1 is 1.32 bits per heavy atom. The van der Waals surface area contributed by atoms with Crippen LogP contribution in [0.3, 0.4) is 0 Å². The molecule has 4 nitrogen and oxygen atoms in total. The zero-order valence-electron chi connectivity index (χ0n) is 11.2. The van der Waals surface area contributed by atoms with Gasteiger partial charge in [-0.1, -0.05) is 6.07 Å². The van der Waals surface area contributed by atoms with Gasteiger partial charge in [0.05, 0.1) is 6.10 Å². The highest BCUT2D eigenvalue weighted by Gasteiger charge is 2.43. The predicted molar refractivity (Wildman–Crippen MR) is 73.8 cm³/mol. The molecule has 4 heteroatoms. The summed E-state index contributed by atoms with van der Waals surface area (Å²) in [4.78, 5) is 14.7. The molecule has 2 aliphatic rings. The molecule has 2 unspecified atom stereocenters. The minimum atomic E-state index is -0.247. The maximum atomic E-state index is 12.7. The molecule has 19 heavy (non-hydrogen) atoms. The topological polar surface area (TPSA) is 66.6 Å². The number of fused-ring (bicyclic) bond motifs is 2. The van der Waals surface area contributed by atoms with Gasteiger partial charge in [-0.2, -0.15) is 0 Å². The van der Waals surface area contributed by atoms with E-state index in [4.69, 9.17) is 5.73 Å². The van der Waals surface area contributed by atoms with E-state index in [1.807, 2.05) is 24.0 Å². The van der Waals surface area contributed by atoms with Gasteiger partial charge in [-0.3, -0.25) is 4.79 Å². The number of carbonyl (C=O) groups excluding carboxylic acids is 1. The number of aliphatic hydroxyl groups is 1. The third kappa shape index (κ3) is 2.10. The molecule has 2 bridgehead atoms. The van der Waals surface area contributed by atoms with Crippen LogP contribution in [-0.2, 0) is 0 Å². The molecular weight excluding hydrogens is 240 g/mol. The first-order valence-corrected chi connectivity index (χ1v) is 6.93. The number of piperidine rings is 1. The van der Waals surface area contributed by atoms with Crippen LogP contribution >= 0.6 is 0 Å². The highest BCUT2D eigenvalue weighted by atomic mass is 16.3. The van der Waals surface area contributed by atoms with Crippen molar-refractivity contribution >= 4 is 11.6 Å². The summed E-state index contributed by atoms with van der Waals surface area (Å²) in [6.07, 6.45) is 3.19. The summed E-state index contributed by atoms with van der Waals surface area (Å²) in [5.41, 5.74) is 8.08. The van der Waals surface area contributed by atoms with Gasteiger partial charge in [-0.25, -0.2) is 0 Å². The quantitative estimate of drug-likeness (QED) is 0.755. The average molecular weight is 260 g/mol. The van der Waals surface area contributed by atoms with E-state index in [0.717, 1.165) is 18.4 Å². The zero-order valence-corrected chi connectivity index (χ0v) is 11.2. The number of nitrogens with zero attached hydrogens (tertiary/aromatic N) is 1. The van der Waals surface area contributed by atoms with Crippen LogP contribution < -0.4 is 5.73 Å². The largest absolute Gasteiger partial charge is 0.399 e. The monoisotopic (exact) mass is 260 g/mol. The Morgan fingerprint density at radius 3 is 2.58 bits per heavy atom. The molecule has 2 heterocycles. The highest BCUT2D eigenvalue weighted by molar-refractivity contribution is 5.97. The Hall–Kier alpha value is -1.55. The number of carbonyl (C=O) groups is 1. The first-order valence-electron chi connectivity index (χ1n) is 6.93. The maximum Gasteiger partial charge on any atom is 0.254 e. The van der Waals surface area contributed by atoms with Crippen molar-refractivity contribution in [2.75, 3.05) is 5.73 Å². The van der Waals surface area contributed by atoms with Gasteiger partial charge in [0, 0.05) is 23.3 Å². The van der Waals surface area contributed by atoms with Gasteiger partial charge in [0.1, 0.15) is 0 Å². The van der Waals surface area contributed by atoms with Gasteiger partial charge in [-0.05, 0) is 50.3 Å². The molecule has 2 fully saturated rings. The van der Waals surface area contributed by atoms with Gasteiger partial charge in [0.25, 0.3) is 5.91 Å². The Morgan fingerprint density at radius 2 is 1.95 bits per heavy atom. The third-order valence-corrected chi connectivity index (χ3v) is 4.43. The van der Waals surface area contributed by atoms with E-state index in [-0.39, 0.29) is 24.1 Å². The number of aliphatic hydroxyl groups excluding tert-OH is 1. The standard InChI is InChI=1S/C15H20N2O2/c1-9-2-3-10(16)6-14(9)15(19)17-11-4-5-12(17)8-13(18)7-11/h2-3,6,11-13,18H,4-5,7-8,16H2,1H3. The van der Waals surface area contributed by atoms with Crippen molar-refractivity contribution in [2.45, 2.75) is 50.8 Å². The summed E-state index contributed by atoms with van der Waals surface area (Å²) in [6.45, 7) is 1.94. The van der Waals surface area contributed by atoms with Gasteiger partial charge >= 0.3 is 0 Å². The molecule has 0 aromatic heterocycles. The number of nitrogen functional groups attached to an aromatic ring is 1. The van der Waals surface area contributed by atoms with E-state index in [1.165, 1.54) is 0 Å². The molecule has 2 atom stereocenters. The fourth-order valence-electron chi connectivity index (χ4n) is 3.49. The van der Waals surface area contributed by atoms with Crippen molar-refractivity contribution in [3.8, 4) is 0 Å². The SMILES string of the molecule is Cc1ccc(N)cc1C(=O)N1C2CCC1CC(O)C2. The fourth-order valence-corrected chi connectivity index (χ4v) is 3.49. The second-order valence-corrected chi connectivity index (χ2v) is 5.80. The molecule has 0 spiro atoms. The second-order valence-electron chi connectivity index (χ2n) is 5.80. The van der Waals surface area contributed by atoms with Crippen molar-refractivity contribution in [3.63, 3.8) is 0 Å². The molecule has 3 rings (SSSR count). The second kappa shape index (κ2) is 4.53. The molecule has 3 N–H and O–H groups in total. The predicted octanol–water partition coefficient (Wildman–Crippen LogP) is 1.71. The zero-order chi connectivity index (χ0) is 13.6. The lowest BCUT2D eigenvalue weighted by Crippen LogP contribution is -2.48. The first-order chi connectivity index (χ1) is 9.06. The van der Waals surface area contributed by atoms with Crippen molar-refractivity contribution < 1.29 is 9.90 Å². The lowest BCUT2D eigenvalue weighted by molar-refractivity contribution is 0.0286. The molecule has 0 aliphatic carbocycles. The lowest BCUT2D eigenvalue weighted by Gasteiger charge is -2.37. The number of benzene rings is 1. The Labute approximate surface area is 113 Å². The van der Waals surface area contributed by atoms with E-state index in [0.29, 0.717) is 24.1 Å². The summed E-state index contributed by atoms with van der Waals surface area (Å²) in [7, 11) is 0. The number of aryl methyl sites for hydroxylation is 1. The number of anilines is 1. The highest BCUT2D eigenvalue weighted by Crippen LogP contribution is 2.37. The van der Waals surface area contributed by atoms with Crippen molar-refractivity contribution in [1.82, 2.24) is 4.90 Å². The van der Waals surface area contributed by atoms with Crippen LogP contribution in [0.1, 0.15) is 41.6 Å². The van der Waals surface area contributed by atoms with E-state index in [1.54, 1.807) is 6.07 Å². The van der Waals surface area contributed by atoms with Crippen LogP contribution in [0.25, 0.3) is 0 Å². The van der Waals surface area contributed by atoms with E-state index in [9.17, 15) is 9.90 Å². The van der Waals surface area contributed by atoms with Gasteiger partial charge in [0.15, 0.2) is 0 Å². The summed E-state index contributed by atoms with van der Waals surface area (Å²) >= 11 is 0. The molecule has 0 radical (unpaired) electrons. The van der Waals surface area contributed by atoms with Crippen LogP contribution in [0.2, 0.25) is 0 Å². The van der Waals surface area contributed by atoms with Crippen LogP contribution in [0.4, 0.5) is 5.69 Å². The Kier molecular flexibility index (Phi) is 2.97. The van der Waals surface area contributed by atoms with Crippen LogP contribution in [-0.4, -0.2) is 34.1 Å². The number of hydrogen-bond donors (Lipinski definition) is 2. The number of amides is 1. The van der Waals surface area contributed by atoms with Gasteiger partial charge in [0.2, 0.25) is 0 Å². The summed E-state index contributed by atoms with van der Waals surface area (Å²) in [5.74, 6) is 0.0733. The molecule has 102 valence electrons. The van der Waals surface area contributed by atoms with Crippen molar-refractivity contribution in [1.29, 1.82) is 0 Å². The lowest BCUT2D eigenvalue weighted by atomic mass is 9.97. The van der Waals surface area contributed by atoms with Crippen LogP contribution in [0, 0.1) is 6.92 Å². The maximum absolute atomic E-state index is 12.7. The number of hydrogen-bond acceptors (Lipinski definition) is 3. The van der Waals surface area contributed by atoms with Crippen LogP contribution in [0.15, 0.2) is 18.2 Å². The number of rotatable bonds is 1. The molecule has 0 saturated carbocycles. The minimum Gasteiger partial charge on any atom is -0.399 e. The van der Waals surface area contributed by atoms with Gasteiger partial charge < -0.3 is 15.7 Å².